The van der Waals surface area contributed by atoms with Gasteiger partial charge in [0.05, 0.1) is 0 Å². The van der Waals surface area contributed by atoms with E-state index < -0.39 is 0 Å². The van der Waals surface area contributed by atoms with Crippen LogP contribution < -0.4 is 11.1 Å². The van der Waals surface area contributed by atoms with Gasteiger partial charge in [0.2, 0.25) is 0 Å². The van der Waals surface area contributed by atoms with Crippen LogP contribution in [0.4, 0.5) is 5.82 Å². The summed E-state index contributed by atoms with van der Waals surface area (Å²) in [5.41, 5.74) is 7.51. The normalized spacial score (nSPS) is 11.7. The van der Waals surface area contributed by atoms with Gasteiger partial charge in [0.15, 0.2) is 5.65 Å². The molecule has 0 saturated heterocycles. The second-order valence-electron chi connectivity index (χ2n) is 4.52. The van der Waals surface area contributed by atoms with Gasteiger partial charge in [-0.05, 0) is 25.0 Å². The Labute approximate surface area is 107 Å². The SMILES string of the molecule is CCC(N)(CC)CNc1ccc2nccnc2n1. The molecule has 0 aliphatic rings. The lowest BCUT2D eigenvalue weighted by atomic mass is 9.94. The number of hydrogen-bond donors (Lipinski definition) is 2. The maximum absolute atomic E-state index is 6.24. The van der Waals surface area contributed by atoms with Crippen molar-refractivity contribution in [3.05, 3.63) is 24.5 Å². The van der Waals surface area contributed by atoms with Crippen molar-refractivity contribution in [1.29, 1.82) is 0 Å². The Hall–Kier alpha value is -1.75. The van der Waals surface area contributed by atoms with Crippen molar-refractivity contribution < 1.29 is 0 Å². The molecule has 18 heavy (non-hydrogen) atoms. The van der Waals surface area contributed by atoms with Crippen LogP contribution in [0.15, 0.2) is 24.5 Å². The fraction of sp³-hybridized carbons (Fsp3) is 0.462. The Morgan fingerprint density at radius 2 is 1.89 bits per heavy atom. The number of nitrogens with zero attached hydrogens (tertiary/aromatic N) is 3. The number of hydrogen-bond acceptors (Lipinski definition) is 5. The van der Waals surface area contributed by atoms with E-state index in [9.17, 15) is 0 Å². The average molecular weight is 245 g/mol. The first-order chi connectivity index (χ1) is 8.67. The van der Waals surface area contributed by atoms with Crippen molar-refractivity contribution in [3.63, 3.8) is 0 Å². The summed E-state index contributed by atoms with van der Waals surface area (Å²) < 4.78 is 0. The molecule has 2 heterocycles. The molecule has 0 spiro atoms. The van der Waals surface area contributed by atoms with E-state index in [1.54, 1.807) is 12.4 Å². The van der Waals surface area contributed by atoms with Gasteiger partial charge in [0.25, 0.3) is 0 Å². The quantitative estimate of drug-likeness (QED) is 0.842. The van der Waals surface area contributed by atoms with Gasteiger partial charge in [0, 0.05) is 24.5 Å². The molecule has 0 radical (unpaired) electrons. The minimum absolute atomic E-state index is 0.182. The highest BCUT2D eigenvalue weighted by atomic mass is 15.0. The van der Waals surface area contributed by atoms with E-state index in [2.05, 4.69) is 34.1 Å². The van der Waals surface area contributed by atoms with Crippen molar-refractivity contribution >= 4 is 17.0 Å². The molecule has 2 aromatic heterocycles. The number of nitrogens with two attached hydrogens (primary N) is 1. The van der Waals surface area contributed by atoms with E-state index in [0.717, 1.165) is 24.2 Å². The summed E-state index contributed by atoms with van der Waals surface area (Å²) in [5, 5.41) is 3.28. The van der Waals surface area contributed by atoms with Crippen LogP contribution in [0.2, 0.25) is 0 Å². The van der Waals surface area contributed by atoms with E-state index in [-0.39, 0.29) is 5.54 Å². The van der Waals surface area contributed by atoms with Crippen LogP contribution in [-0.4, -0.2) is 27.0 Å². The number of rotatable bonds is 5. The van der Waals surface area contributed by atoms with Crippen molar-refractivity contribution in [2.75, 3.05) is 11.9 Å². The molecule has 2 rings (SSSR count). The minimum atomic E-state index is -0.182. The lowest BCUT2D eigenvalue weighted by Crippen LogP contribution is -2.45. The van der Waals surface area contributed by atoms with Crippen LogP contribution >= 0.6 is 0 Å². The summed E-state index contributed by atoms with van der Waals surface area (Å²) in [6.07, 6.45) is 5.17. The van der Waals surface area contributed by atoms with Crippen molar-refractivity contribution in [1.82, 2.24) is 15.0 Å². The van der Waals surface area contributed by atoms with E-state index in [0.29, 0.717) is 12.2 Å². The summed E-state index contributed by atoms with van der Waals surface area (Å²) in [5.74, 6) is 0.791. The van der Waals surface area contributed by atoms with E-state index in [4.69, 9.17) is 5.73 Å². The molecule has 0 amide bonds. The maximum atomic E-state index is 6.24. The molecule has 5 heteroatoms. The standard InChI is InChI=1S/C13H19N5/c1-3-13(14,4-2)9-17-11-6-5-10-12(18-11)16-8-7-15-10/h5-8H,3-4,9,14H2,1-2H3,(H,16,17,18). The first kappa shape index (κ1) is 12.7. The number of anilines is 1. The predicted octanol–water partition coefficient (Wildman–Crippen LogP) is 1.95. The minimum Gasteiger partial charge on any atom is -0.368 e. The largest absolute Gasteiger partial charge is 0.368 e. The molecule has 0 fully saturated rings. The van der Waals surface area contributed by atoms with Crippen molar-refractivity contribution in [3.8, 4) is 0 Å². The van der Waals surface area contributed by atoms with Crippen LogP contribution in [0, 0.1) is 0 Å². The highest BCUT2D eigenvalue weighted by Gasteiger charge is 2.19. The molecule has 2 aromatic rings. The van der Waals surface area contributed by atoms with Gasteiger partial charge < -0.3 is 11.1 Å². The molecule has 96 valence electrons. The molecular weight excluding hydrogens is 226 g/mol. The zero-order chi connectivity index (χ0) is 13.0. The van der Waals surface area contributed by atoms with Gasteiger partial charge in [-0.25, -0.2) is 9.97 Å². The summed E-state index contributed by atoms with van der Waals surface area (Å²) >= 11 is 0. The maximum Gasteiger partial charge on any atom is 0.180 e. The van der Waals surface area contributed by atoms with Gasteiger partial charge in [-0.2, -0.15) is 0 Å². The lowest BCUT2D eigenvalue weighted by molar-refractivity contribution is 0.418. The highest BCUT2D eigenvalue weighted by molar-refractivity contribution is 5.71. The van der Waals surface area contributed by atoms with E-state index in [1.807, 2.05) is 12.1 Å². The first-order valence-electron chi connectivity index (χ1n) is 6.27. The topological polar surface area (TPSA) is 76.7 Å². The van der Waals surface area contributed by atoms with E-state index in [1.165, 1.54) is 0 Å². The summed E-state index contributed by atoms with van der Waals surface area (Å²) in [6.45, 7) is 4.91. The second-order valence-corrected chi connectivity index (χ2v) is 4.52. The zero-order valence-electron chi connectivity index (χ0n) is 10.8. The zero-order valence-corrected chi connectivity index (χ0v) is 10.8. The Morgan fingerprint density at radius 3 is 2.61 bits per heavy atom. The van der Waals surface area contributed by atoms with Crippen LogP contribution in [-0.2, 0) is 0 Å². The molecule has 0 aliphatic carbocycles. The monoisotopic (exact) mass is 245 g/mol. The molecule has 5 nitrogen and oxygen atoms in total. The van der Waals surface area contributed by atoms with Gasteiger partial charge in [0.1, 0.15) is 11.3 Å². The number of nitrogens with one attached hydrogen (secondary N) is 1. The predicted molar refractivity (Wildman–Crippen MR) is 73.3 cm³/mol. The smallest absolute Gasteiger partial charge is 0.180 e. The fourth-order valence-electron chi connectivity index (χ4n) is 1.72. The lowest BCUT2D eigenvalue weighted by Gasteiger charge is -2.27. The van der Waals surface area contributed by atoms with Crippen LogP contribution in [0.5, 0.6) is 0 Å². The van der Waals surface area contributed by atoms with Crippen molar-refractivity contribution in [2.24, 2.45) is 5.73 Å². The molecule has 0 saturated carbocycles. The number of fused-ring (bicyclic) bond motifs is 1. The molecule has 0 bridgehead atoms. The van der Waals surface area contributed by atoms with Gasteiger partial charge >= 0.3 is 0 Å². The first-order valence-corrected chi connectivity index (χ1v) is 6.27. The van der Waals surface area contributed by atoms with E-state index >= 15 is 0 Å². The fourth-order valence-corrected chi connectivity index (χ4v) is 1.72. The molecule has 0 aromatic carbocycles. The third-order valence-corrected chi connectivity index (χ3v) is 3.36. The Kier molecular flexibility index (Phi) is 3.72. The summed E-state index contributed by atoms with van der Waals surface area (Å²) in [6, 6.07) is 3.82. The van der Waals surface area contributed by atoms with Crippen LogP contribution in [0.1, 0.15) is 26.7 Å². The third kappa shape index (κ3) is 2.73. The Morgan fingerprint density at radius 1 is 1.17 bits per heavy atom. The van der Waals surface area contributed by atoms with Gasteiger partial charge in [-0.3, -0.25) is 4.98 Å². The number of pyridine rings is 1. The molecule has 0 aliphatic heterocycles. The molecule has 0 unspecified atom stereocenters. The average Bonchev–Trinajstić information content (AvgIpc) is 2.44. The molecular formula is C13H19N5. The van der Waals surface area contributed by atoms with Gasteiger partial charge in [-0.15, -0.1) is 0 Å². The number of aromatic nitrogens is 3. The van der Waals surface area contributed by atoms with Crippen LogP contribution in [0.3, 0.4) is 0 Å². The van der Waals surface area contributed by atoms with Gasteiger partial charge in [-0.1, -0.05) is 13.8 Å². The molecule has 0 atom stereocenters. The Bertz CT molecular complexity index is 522. The van der Waals surface area contributed by atoms with Crippen molar-refractivity contribution in [2.45, 2.75) is 32.2 Å². The molecule has 3 N–H and O–H groups in total. The second kappa shape index (κ2) is 5.27. The summed E-state index contributed by atoms with van der Waals surface area (Å²) in [4.78, 5) is 12.8. The highest BCUT2D eigenvalue weighted by Crippen LogP contribution is 2.14. The summed E-state index contributed by atoms with van der Waals surface area (Å²) in [7, 11) is 0. The third-order valence-electron chi connectivity index (χ3n) is 3.36. The van der Waals surface area contributed by atoms with Crippen LogP contribution in [0.25, 0.3) is 11.2 Å². The Balaban J connectivity index is 2.12.